The summed E-state index contributed by atoms with van der Waals surface area (Å²) >= 11 is 0. The molecular formula is C13H22N2O2S. The van der Waals surface area contributed by atoms with E-state index in [0.717, 1.165) is 24.8 Å². The quantitative estimate of drug-likeness (QED) is 0.790. The molecule has 0 heterocycles. The van der Waals surface area contributed by atoms with Crippen LogP contribution in [-0.2, 0) is 16.4 Å². The summed E-state index contributed by atoms with van der Waals surface area (Å²) in [4.78, 5) is 0.379. The summed E-state index contributed by atoms with van der Waals surface area (Å²) in [6, 6.07) is 7.47. The first kappa shape index (κ1) is 15.1. The number of rotatable bonds is 7. The van der Waals surface area contributed by atoms with Gasteiger partial charge in [0.25, 0.3) is 0 Å². The van der Waals surface area contributed by atoms with Gasteiger partial charge in [-0.05, 0) is 38.6 Å². The van der Waals surface area contributed by atoms with Gasteiger partial charge in [0.1, 0.15) is 0 Å². The van der Waals surface area contributed by atoms with E-state index in [9.17, 15) is 8.42 Å². The van der Waals surface area contributed by atoms with Crippen LogP contribution >= 0.6 is 0 Å². The van der Waals surface area contributed by atoms with E-state index in [-0.39, 0.29) is 0 Å². The molecule has 0 spiro atoms. The average Bonchev–Trinajstić information content (AvgIpc) is 2.38. The fraction of sp³-hybridized carbons (Fsp3) is 0.538. The molecule has 0 aliphatic rings. The highest BCUT2D eigenvalue weighted by Crippen LogP contribution is 2.17. The number of likely N-dealkylation sites (N-methyl/N-ethyl adjacent to an activating group) is 1. The molecule has 0 saturated heterocycles. The van der Waals surface area contributed by atoms with E-state index in [2.05, 4.69) is 17.0 Å². The van der Waals surface area contributed by atoms with Crippen LogP contribution in [0.1, 0.15) is 25.3 Å². The SMILES string of the molecule is CCCC(Cc1ccccc1S(=O)(=O)NC)NC. The Morgan fingerprint density at radius 3 is 2.44 bits per heavy atom. The summed E-state index contributed by atoms with van der Waals surface area (Å²) in [6.07, 6.45) is 2.83. The van der Waals surface area contributed by atoms with Crippen molar-refractivity contribution in [3.05, 3.63) is 29.8 Å². The molecule has 1 aromatic carbocycles. The predicted molar refractivity (Wildman–Crippen MR) is 74.1 cm³/mol. The first-order chi connectivity index (χ1) is 8.55. The van der Waals surface area contributed by atoms with Gasteiger partial charge in [-0.3, -0.25) is 0 Å². The molecule has 1 atom stereocenters. The third-order valence-corrected chi connectivity index (χ3v) is 4.56. The first-order valence-corrected chi connectivity index (χ1v) is 7.72. The Kier molecular flexibility index (Phi) is 5.78. The van der Waals surface area contributed by atoms with Crippen molar-refractivity contribution in [2.45, 2.75) is 37.1 Å². The molecule has 0 bridgehead atoms. The monoisotopic (exact) mass is 270 g/mol. The van der Waals surface area contributed by atoms with Crippen molar-refractivity contribution in [2.75, 3.05) is 14.1 Å². The second kappa shape index (κ2) is 6.87. The van der Waals surface area contributed by atoms with Crippen LogP contribution in [0.2, 0.25) is 0 Å². The molecule has 0 radical (unpaired) electrons. The van der Waals surface area contributed by atoms with Crippen molar-refractivity contribution < 1.29 is 8.42 Å². The molecule has 102 valence electrons. The zero-order valence-electron chi connectivity index (χ0n) is 11.2. The molecule has 1 rings (SSSR count). The average molecular weight is 270 g/mol. The molecule has 1 unspecified atom stereocenters. The Labute approximate surface area is 110 Å². The van der Waals surface area contributed by atoms with Gasteiger partial charge in [0.15, 0.2) is 0 Å². The summed E-state index contributed by atoms with van der Waals surface area (Å²) in [7, 11) is -0.0250. The Hall–Kier alpha value is -0.910. The van der Waals surface area contributed by atoms with Gasteiger partial charge in [0, 0.05) is 6.04 Å². The number of nitrogens with one attached hydrogen (secondary N) is 2. The van der Waals surface area contributed by atoms with Crippen LogP contribution in [0, 0.1) is 0 Å². The first-order valence-electron chi connectivity index (χ1n) is 6.23. The van der Waals surface area contributed by atoms with E-state index < -0.39 is 10.0 Å². The lowest BCUT2D eigenvalue weighted by Crippen LogP contribution is -2.29. The molecule has 0 amide bonds. The number of hydrogen-bond donors (Lipinski definition) is 2. The highest BCUT2D eigenvalue weighted by atomic mass is 32.2. The standard InChI is InChI=1S/C13H22N2O2S/c1-4-7-12(14-2)10-11-8-5-6-9-13(11)18(16,17)15-3/h5-6,8-9,12,14-15H,4,7,10H2,1-3H3. The van der Waals surface area contributed by atoms with Crippen molar-refractivity contribution >= 4 is 10.0 Å². The molecule has 2 N–H and O–H groups in total. The van der Waals surface area contributed by atoms with E-state index in [0.29, 0.717) is 10.9 Å². The normalized spacial score (nSPS) is 13.5. The lowest BCUT2D eigenvalue weighted by atomic mass is 10.0. The van der Waals surface area contributed by atoms with E-state index in [1.807, 2.05) is 19.2 Å². The van der Waals surface area contributed by atoms with Gasteiger partial charge in [-0.2, -0.15) is 0 Å². The molecule has 0 aliphatic carbocycles. The van der Waals surface area contributed by atoms with Gasteiger partial charge in [-0.25, -0.2) is 13.1 Å². The third-order valence-electron chi connectivity index (χ3n) is 3.04. The Balaban J connectivity index is 3.03. The number of sulfonamides is 1. The molecule has 0 saturated carbocycles. The van der Waals surface area contributed by atoms with Gasteiger partial charge in [-0.1, -0.05) is 31.5 Å². The van der Waals surface area contributed by atoms with Crippen LogP contribution in [-0.4, -0.2) is 28.6 Å². The maximum absolute atomic E-state index is 11.9. The minimum absolute atomic E-state index is 0.309. The topological polar surface area (TPSA) is 58.2 Å². The second-order valence-corrected chi connectivity index (χ2v) is 6.15. The van der Waals surface area contributed by atoms with Crippen molar-refractivity contribution in [1.82, 2.24) is 10.0 Å². The minimum Gasteiger partial charge on any atom is -0.317 e. The molecule has 0 aromatic heterocycles. The van der Waals surface area contributed by atoms with Gasteiger partial charge in [0.2, 0.25) is 10.0 Å². The molecular weight excluding hydrogens is 248 g/mol. The van der Waals surface area contributed by atoms with E-state index in [1.165, 1.54) is 7.05 Å². The molecule has 1 aromatic rings. The van der Waals surface area contributed by atoms with Gasteiger partial charge >= 0.3 is 0 Å². The summed E-state index contributed by atoms with van der Waals surface area (Å²) in [6.45, 7) is 2.13. The maximum atomic E-state index is 11.9. The fourth-order valence-electron chi connectivity index (χ4n) is 2.01. The van der Waals surface area contributed by atoms with Crippen molar-refractivity contribution in [3.63, 3.8) is 0 Å². The van der Waals surface area contributed by atoms with Crippen molar-refractivity contribution in [1.29, 1.82) is 0 Å². The van der Waals surface area contributed by atoms with Crippen LogP contribution in [0.4, 0.5) is 0 Å². The maximum Gasteiger partial charge on any atom is 0.240 e. The van der Waals surface area contributed by atoms with E-state index in [1.54, 1.807) is 12.1 Å². The van der Waals surface area contributed by atoms with Crippen LogP contribution in [0.5, 0.6) is 0 Å². The molecule has 0 fully saturated rings. The number of benzene rings is 1. The van der Waals surface area contributed by atoms with Crippen LogP contribution in [0.15, 0.2) is 29.2 Å². The molecule has 5 heteroatoms. The lowest BCUT2D eigenvalue weighted by Gasteiger charge is -2.17. The van der Waals surface area contributed by atoms with Gasteiger partial charge in [-0.15, -0.1) is 0 Å². The van der Waals surface area contributed by atoms with E-state index in [4.69, 9.17) is 0 Å². The van der Waals surface area contributed by atoms with Crippen molar-refractivity contribution in [2.24, 2.45) is 0 Å². The predicted octanol–water partition coefficient (Wildman–Crippen LogP) is 1.53. The van der Waals surface area contributed by atoms with Crippen LogP contribution in [0.3, 0.4) is 0 Å². The Morgan fingerprint density at radius 2 is 1.89 bits per heavy atom. The van der Waals surface area contributed by atoms with E-state index >= 15 is 0 Å². The van der Waals surface area contributed by atoms with Crippen LogP contribution < -0.4 is 10.0 Å². The summed E-state index contributed by atoms with van der Waals surface area (Å²) in [5.74, 6) is 0. The molecule has 0 aliphatic heterocycles. The van der Waals surface area contributed by atoms with Crippen molar-refractivity contribution in [3.8, 4) is 0 Å². The zero-order valence-corrected chi connectivity index (χ0v) is 12.0. The summed E-state index contributed by atoms with van der Waals surface area (Å²) < 4.78 is 26.2. The summed E-state index contributed by atoms with van der Waals surface area (Å²) in [5.41, 5.74) is 0.861. The highest BCUT2D eigenvalue weighted by Gasteiger charge is 2.17. The molecule has 18 heavy (non-hydrogen) atoms. The Bertz CT molecular complexity index is 472. The zero-order chi connectivity index (χ0) is 13.6. The molecule has 4 nitrogen and oxygen atoms in total. The highest BCUT2D eigenvalue weighted by molar-refractivity contribution is 7.89. The number of hydrogen-bond acceptors (Lipinski definition) is 3. The van der Waals surface area contributed by atoms with Crippen LogP contribution in [0.25, 0.3) is 0 Å². The van der Waals surface area contributed by atoms with Gasteiger partial charge < -0.3 is 5.32 Å². The smallest absolute Gasteiger partial charge is 0.240 e. The minimum atomic E-state index is -3.38. The largest absolute Gasteiger partial charge is 0.317 e. The Morgan fingerprint density at radius 1 is 1.22 bits per heavy atom. The summed E-state index contributed by atoms with van der Waals surface area (Å²) in [5, 5.41) is 3.23. The second-order valence-electron chi connectivity index (χ2n) is 4.29. The fourth-order valence-corrected chi connectivity index (χ4v) is 2.98. The van der Waals surface area contributed by atoms with Gasteiger partial charge in [0.05, 0.1) is 4.90 Å². The third kappa shape index (κ3) is 3.80. The lowest BCUT2D eigenvalue weighted by molar-refractivity contribution is 0.509.